The Morgan fingerprint density at radius 1 is 1.17 bits per heavy atom. The van der Waals surface area contributed by atoms with Crippen LogP contribution in [0.15, 0.2) is 12.5 Å². The number of aliphatic hydroxyl groups is 2. The SMILES string of the molecule is CC(O)C(NC(=O)C(CS)NC(=O)C(CO)NC(=O)C(N)Cc1cnc[nH]1)C(=O)O. The van der Waals surface area contributed by atoms with E-state index in [2.05, 4.69) is 38.5 Å². The van der Waals surface area contributed by atoms with E-state index in [1.54, 1.807) is 0 Å². The Morgan fingerprint density at radius 3 is 2.23 bits per heavy atom. The second-order valence-electron chi connectivity index (χ2n) is 6.44. The van der Waals surface area contributed by atoms with Crippen molar-refractivity contribution < 1.29 is 34.5 Å². The number of imidazole rings is 1. The Bertz CT molecular complexity index is 730. The summed E-state index contributed by atoms with van der Waals surface area (Å²) in [5.74, 6) is -4.21. The van der Waals surface area contributed by atoms with E-state index in [9.17, 15) is 29.4 Å². The highest BCUT2D eigenvalue weighted by molar-refractivity contribution is 7.80. The smallest absolute Gasteiger partial charge is 0.328 e. The summed E-state index contributed by atoms with van der Waals surface area (Å²) >= 11 is 3.94. The molecular weight excluding hydrogens is 420 g/mol. The maximum absolute atomic E-state index is 12.4. The molecule has 9 N–H and O–H groups in total. The number of carboxylic acid groups (broad SMARTS) is 1. The van der Waals surface area contributed by atoms with Crippen molar-refractivity contribution in [2.45, 2.75) is 43.6 Å². The van der Waals surface area contributed by atoms with Gasteiger partial charge in [-0.25, -0.2) is 9.78 Å². The number of rotatable bonds is 12. The van der Waals surface area contributed by atoms with Gasteiger partial charge < -0.3 is 42.0 Å². The topological polar surface area (TPSA) is 220 Å². The van der Waals surface area contributed by atoms with Crippen molar-refractivity contribution in [3.63, 3.8) is 0 Å². The maximum Gasteiger partial charge on any atom is 0.328 e. The molecule has 14 heteroatoms. The summed E-state index contributed by atoms with van der Waals surface area (Å²) < 4.78 is 0. The normalized spacial score (nSPS) is 15.9. The quantitative estimate of drug-likeness (QED) is 0.143. The van der Waals surface area contributed by atoms with Crippen molar-refractivity contribution in [2.24, 2.45) is 5.73 Å². The van der Waals surface area contributed by atoms with Crippen LogP contribution in [0.25, 0.3) is 0 Å². The molecule has 5 atom stereocenters. The monoisotopic (exact) mass is 446 g/mol. The molecule has 5 unspecified atom stereocenters. The Kier molecular flexibility index (Phi) is 10.2. The number of aliphatic hydroxyl groups excluding tert-OH is 2. The number of carbonyl (C=O) groups is 4. The van der Waals surface area contributed by atoms with Gasteiger partial charge in [0, 0.05) is 24.1 Å². The summed E-state index contributed by atoms with van der Waals surface area (Å²) in [4.78, 5) is 54.4. The fourth-order valence-corrected chi connectivity index (χ4v) is 2.56. The van der Waals surface area contributed by atoms with E-state index in [0.717, 1.165) is 0 Å². The van der Waals surface area contributed by atoms with Crippen LogP contribution in [0, 0.1) is 0 Å². The van der Waals surface area contributed by atoms with Gasteiger partial charge in [-0.1, -0.05) is 0 Å². The summed E-state index contributed by atoms with van der Waals surface area (Å²) in [7, 11) is 0. The Labute approximate surface area is 177 Å². The Hall–Kier alpha value is -2.68. The molecule has 0 aliphatic carbocycles. The number of nitrogens with two attached hydrogens (primary N) is 1. The number of H-pyrrole nitrogens is 1. The van der Waals surface area contributed by atoms with Crippen LogP contribution in [-0.2, 0) is 25.6 Å². The number of carbonyl (C=O) groups excluding carboxylic acids is 3. The lowest BCUT2D eigenvalue weighted by Gasteiger charge is -2.24. The maximum atomic E-state index is 12.4. The number of hydrogen-bond donors (Lipinski definition) is 9. The number of aromatic amines is 1. The second-order valence-corrected chi connectivity index (χ2v) is 6.81. The molecule has 0 aliphatic rings. The molecule has 13 nitrogen and oxygen atoms in total. The van der Waals surface area contributed by atoms with Gasteiger partial charge in [-0.3, -0.25) is 14.4 Å². The van der Waals surface area contributed by atoms with E-state index < -0.39 is 60.6 Å². The molecule has 0 spiro atoms. The molecule has 0 aliphatic heterocycles. The van der Waals surface area contributed by atoms with Gasteiger partial charge >= 0.3 is 5.97 Å². The molecule has 0 bridgehead atoms. The Balaban J connectivity index is 2.69. The zero-order valence-electron chi connectivity index (χ0n) is 16.1. The van der Waals surface area contributed by atoms with Crippen LogP contribution in [0.1, 0.15) is 12.6 Å². The van der Waals surface area contributed by atoms with E-state index in [4.69, 9.17) is 10.8 Å². The van der Waals surface area contributed by atoms with Crippen molar-refractivity contribution in [1.82, 2.24) is 25.9 Å². The van der Waals surface area contributed by atoms with E-state index >= 15 is 0 Å². The van der Waals surface area contributed by atoms with E-state index in [1.807, 2.05) is 0 Å². The first kappa shape index (κ1) is 25.4. The fraction of sp³-hybridized carbons (Fsp3) is 0.562. The average Bonchev–Trinajstić information content (AvgIpc) is 3.19. The molecule has 3 amide bonds. The minimum absolute atomic E-state index is 0.114. The van der Waals surface area contributed by atoms with Crippen LogP contribution in [0.4, 0.5) is 0 Å². The zero-order valence-corrected chi connectivity index (χ0v) is 17.0. The van der Waals surface area contributed by atoms with E-state index in [-0.39, 0.29) is 12.2 Å². The predicted octanol–water partition coefficient (Wildman–Crippen LogP) is -3.88. The van der Waals surface area contributed by atoms with Crippen LogP contribution < -0.4 is 21.7 Å². The van der Waals surface area contributed by atoms with E-state index in [1.165, 1.54) is 19.4 Å². The van der Waals surface area contributed by atoms with E-state index in [0.29, 0.717) is 5.69 Å². The lowest BCUT2D eigenvalue weighted by molar-refractivity contribution is -0.145. The summed E-state index contributed by atoms with van der Waals surface area (Å²) in [6.07, 6.45) is 1.63. The van der Waals surface area contributed by atoms with Gasteiger partial charge in [-0.15, -0.1) is 0 Å². The molecule has 0 saturated heterocycles. The van der Waals surface area contributed by atoms with Crippen molar-refractivity contribution in [2.75, 3.05) is 12.4 Å². The third-order valence-electron chi connectivity index (χ3n) is 4.01. The van der Waals surface area contributed by atoms with Crippen LogP contribution in [0.3, 0.4) is 0 Å². The molecule has 0 saturated carbocycles. The van der Waals surface area contributed by atoms with Gasteiger partial charge in [0.1, 0.15) is 12.1 Å². The highest BCUT2D eigenvalue weighted by atomic mass is 32.1. The highest BCUT2D eigenvalue weighted by Gasteiger charge is 2.31. The van der Waals surface area contributed by atoms with Gasteiger partial charge in [0.15, 0.2) is 6.04 Å². The van der Waals surface area contributed by atoms with Gasteiger partial charge in [-0.2, -0.15) is 12.6 Å². The summed E-state index contributed by atoms with van der Waals surface area (Å²) in [6, 6.07) is -5.32. The molecule has 0 aromatic carbocycles. The van der Waals surface area contributed by atoms with Gasteiger partial charge in [0.05, 0.1) is 25.1 Å². The van der Waals surface area contributed by atoms with Gasteiger partial charge in [-0.05, 0) is 6.92 Å². The second kappa shape index (κ2) is 12.1. The predicted molar refractivity (Wildman–Crippen MR) is 106 cm³/mol. The first-order valence-corrected chi connectivity index (χ1v) is 9.50. The molecule has 1 heterocycles. The molecular formula is C16H26N6O7S. The first-order chi connectivity index (χ1) is 14.1. The van der Waals surface area contributed by atoms with Crippen molar-refractivity contribution in [3.8, 4) is 0 Å². The molecule has 168 valence electrons. The third kappa shape index (κ3) is 7.62. The van der Waals surface area contributed by atoms with Crippen molar-refractivity contribution in [3.05, 3.63) is 18.2 Å². The largest absolute Gasteiger partial charge is 0.480 e. The average molecular weight is 446 g/mol. The molecule has 30 heavy (non-hydrogen) atoms. The van der Waals surface area contributed by atoms with Crippen molar-refractivity contribution in [1.29, 1.82) is 0 Å². The number of carboxylic acids is 1. The summed E-state index contributed by atoms with van der Waals surface area (Å²) in [5.41, 5.74) is 6.37. The lowest BCUT2D eigenvalue weighted by Crippen LogP contribution is -2.59. The number of thiol groups is 1. The van der Waals surface area contributed by atoms with Crippen molar-refractivity contribution >= 4 is 36.3 Å². The molecule has 1 aromatic heterocycles. The Morgan fingerprint density at radius 2 is 1.77 bits per heavy atom. The lowest BCUT2D eigenvalue weighted by atomic mass is 10.1. The minimum Gasteiger partial charge on any atom is -0.480 e. The number of hydrogen-bond acceptors (Lipinski definition) is 9. The van der Waals surface area contributed by atoms with Crippen LogP contribution in [-0.4, -0.2) is 91.6 Å². The molecule has 0 radical (unpaired) electrons. The van der Waals surface area contributed by atoms with Crippen LogP contribution in [0.2, 0.25) is 0 Å². The first-order valence-electron chi connectivity index (χ1n) is 8.87. The summed E-state index contributed by atoms with van der Waals surface area (Å²) in [5, 5.41) is 34.5. The highest BCUT2D eigenvalue weighted by Crippen LogP contribution is 1.99. The van der Waals surface area contributed by atoms with Gasteiger partial charge in [0.25, 0.3) is 0 Å². The van der Waals surface area contributed by atoms with Crippen LogP contribution >= 0.6 is 12.6 Å². The molecule has 0 fully saturated rings. The number of nitrogens with zero attached hydrogens (tertiary/aromatic N) is 1. The molecule has 1 rings (SSSR count). The third-order valence-corrected chi connectivity index (χ3v) is 4.37. The van der Waals surface area contributed by atoms with Crippen LogP contribution in [0.5, 0.6) is 0 Å². The standard InChI is InChI=1S/C16H26N6O7S/c1-7(24)12(16(28)29)22-15(27)11(5-30)21-14(26)10(4-23)20-13(25)9(17)2-8-3-18-6-19-8/h3,6-7,9-12,23-24,30H,2,4-5,17H2,1H3,(H,18,19)(H,20,25)(H,21,26)(H,22,27)(H,28,29). The number of aliphatic carboxylic acids is 1. The van der Waals surface area contributed by atoms with Gasteiger partial charge in [0.2, 0.25) is 17.7 Å². The number of nitrogens with one attached hydrogen (secondary N) is 4. The number of amides is 3. The fourth-order valence-electron chi connectivity index (χ4n) is 2.31. The minimum atomic E-state index is -1.59. The number of aromatic nitrogens is 2. The molecule has 1 aromatic rings. The zero-order chi connectivity index (χ0) is 22.8. The summed E-state index contributed by atoms with van der Waals surface area (Å²) in [6.45, 7) is 0.401.